The molecule has 2 bridgehead atoms. The van der Waals surface area contributed by atoms with Crippen LogP contribution in [0.3, 0.4) is 0 Å². The van der Waals surface area contributed by atoms with Gasteiger partial charge in [0, 0.05) is 23.3 Å². The van der Waals surface area contributed by atoms with Crippen molar-refractivity contribution >= 4 is 34.6 Å². The molecule has 1 heterocycles. The molecule has 0 radical (unpaired) electrons. The van der Waals surface area contributed by atoms with Crippen LogP contribution in [0.2, 0.25) is 5.02 Å². The highest BCUT2D eigenvalue weighted by Gasteiger charge is 2.50. The van der Waals surface area contributed by atoms with Gasteiger partial charge in [-0.1, -0.05) is 32.4 Å². The Balaban J connectivity index is 1.73. The second-order valence-corrected chi connectivity index (χ2v) is 8.60. The number of nitrogens with one attached hydrogen (secondary N) is 1. The minimum Gasteiger partial charge on any atom is -0.345 e. The Morgan fingerprint density at radius 1 is 1.24 bits per heavy atom. The molecule has 1 aliphatic carbocycles. The second-order valence-electron chi connectivity index (χ2n) is 7.78. The molecule has 4 heteroatoms. The molecule has 1 saturated heterocycles. The fraction of sp³-hybridized carbons (Fsp3) is 0.588. The standard InChI is InChI=1S/C17H23ClN2S/c1-16(2)8-14-9-17(3,10-16)11-20(14)15(21)19-13-6-4-12(18)5-7-13/h4-7,14H,8-11H2,1-3H3,(H,19,21)/t14-,17-/m0/s1. The number of thiocarbonyl (C=S) groups is 1. The molecule has 1 aliphatic heterocycles. The summed E-state index contributed by atoms with van der Waals surface area (Å²) in [7, 11) is 0. The lowest BCUT2D eigenvalue weighted by Crippen LogP contribution is -2.39. The fourth-order valence-electron chi connectivity index (χ4n) is 4.43. The predicted octanol–water partition coefficient (Wildman–Crippen LogP) is 4.94. The normalized spacial score (nSPS) is 30.3. The van der Waals surface area contributed by atoms with Gasteiger partial charge in [0.2, 0.25) is 0 Å². The van der Waals surface area contributed by atoms with E-state index in [1.54, 1.807) is 0 Å². The van der Waals surface area contributed by atoms with Crippen LogP contribution in [-0.4, -0.2) is 22.6 Å². The number of halogens is 1. The first-order chi connectivity index (χ1) is 9.76. The third kappa shape index (κ3) is 3.19. The third-order valence-corrected chi connectivity index (χ3v) is 5.36. The lowest BCUT2D eigenvalue weighted by atomic mass is 9.65. The summed E-state index contributed by atoms with van der Waals surface area (Å²) in [5.41, 5.74) is 1.83. The van der Waals surface area contributed by atoms with Crippen LogP contribution in [-0.2, 0) is 0 Å². The van der Waals surface area contributed by atoms with Crippen LogP contribution in [0.25, 0.3) is 0 Å². The average molecular weight is 323 g/mol. The largest absolute Gasteiger partial charge is 0.345 e. The molecule has 1 N–H and O–H groups in total. The minimum absolute atomic E-state index is 0.401. The highest BCUT2D eigenvalue weighted by atomic mass is 35.5. The van der Waals surface area contributed by atoms with Crippen molar-refractivity contribution in [2.75, 3.05) is 11.9 Å². The summed E-state index contributed by atoms with van der Waals surface area (Å²) in [4.78, 5) is 2.40. The molecule has 2 fully saturated rings. The smallest absolute Gasteiger partial charge is 0.173 e. The van der Waals surface area contributed by atoms with Gasteiger partial charge in [-0.2, -0.15) is 0 Å². The first-order valence-electron chi connectivity index (χ1n) is 7.60. The van der Waals surface area contributed by atoms with Crippen molar-refractivity contribution < 1.29 is 0 Å². The SMILES string of the molecule is CC1(C)C[C@H]2C[C@](C)(CN2C(=S)Nc2ccc(Cl)cc2)C1. The Labute approximate surface area is 137 Å². The maximum Gasteiger partial charge on any atom is 0.173 e. The molecule has 2 nitrogen and oxygen atoms in total. The quantitative estimate of drug-likeness (QED) is 0.737. The molecule has 1 aromatic rings. The topological polar surface area (TPSA) is 15.3 Å². The summed E-state index contributed by atoms with van der Waals surface area (Å²) >= 11 is 11.6. The van der Waals surface area contributed by atoms with Crippen molar-refractivity contribution in [3.05, 3.63) is 29.3 Å². The van der Waals surface area contributed by atoms with Crippen LogP contribution in [0.1, 0.15) is 40.0 Å². The molecule has 1 aromatic carbocycles. The van der Waals surface area contributed by atoms with Gasteiger partial charge in [0.25, 0.3) is 0 Å². The van der Waals surface area contributed by atoms with Gasteiger partial charge in [-0.25, -0.2) is 0 Å². The Morgan fingerprint density at radius 3 is 2.57 bits per heavy atom. The van der Waals surface area contributed by atoms with E-state index in [0.29, 0.717) is 16.9 Å². The summed E-state index contributed by atoms with van der Waals surface area (Å²) in [6.07, 6.45) is 3.78. The zero-order valence-corrected chi connectivity index (χ0v) is 14.5. The maximum atomic E-state index is 5.93. The van der Waals surface area contributed by atoms with Gasteiger partial charge < -0.3 is 10.2 Å². The summed E-state index contributed by atoms with van der Waals surface area (Å²) in [5, 5.41) is 4.97. The van der Waals surface area contributed by atoms with Crippen LogP contribution in [0.5, 0.6) is 0 Å². The Hall–Kier alpha value is -0.800. The van der Waals surface area contributed by atoms with E-state index in [1.807, 2.05) is 24.3 Å². The number of anilines is 1. The van der Waals surface area contributed by atoms with Crippen LogP contribution in [0.4, 0.5) is 5.69 Å². The fourth-order valence-corrected chi connectivity index (χ4v) is 4.88. The Morgan fingerprint density at radius 2 is 1.90 bits per heavy atom. The molecular weight excluding hydrogens is 300 g/mol. The second kappa shape index (κ2) is 5.13. The lowest BCUT2D eigenvalue weighted by molar-refractivity contribution is 0.132. The molecular formula is C17H23ClN2S. The molecule has 2 atom stereocenters. The van der Waals surface area contributed by atoms with E-state index >= 15 is 0 Å². The first-order valence-corrected chi connectivity index (χ1v) is 8.38. The van der Waals surface area contributed by atoms with Gasteiger partial charge in [-0.15, -0.1) is 0 Å². The number of benzene rings is 1. The Bertz CT molecular complexity index is 554. The number of rotatable bonds is 1. The van der Waals surface area contributed by atoms with Crippen molar-refractivity contribution in [2.45, 2.75) is 46.1 Å². The van der Waals surface area contributed by atoms with Crippen LogP contribution in [0.15, 0.2) is 24.3 Å². The molecule has 0 aromatic heterocycles. The van der Waals surface area contributed by atoms with Crippen LogP contribution >= 0.6 is 23.8 Å². The van der Waals surface area contributed by atoms with Crippen LogP contribution in [0, 0.1) is 10.8 Å². The molecule has 1 saturated carbocycles. The van der Waals surface area contributed by atoms with Crippen molar-refractivity contribution in [1.82, 2.24) is 4.90 Å². The first kappa shape index (κ1) is 15.1. The number of hydrogen-bond acceptors (Lipinski definition) is 1. The van der Waals surface area contributed by atoms with Gasteiger partial charge in [0.1, 0.15) is 0 Å². The Kier molecular flexibility index (Phi) is 3.69. The summed E-state index contributed by atoms with van der Waals surface area (Å²) in [6, 6.07) is 8.30. The van der Waals surface area contributed by atoms with Crippen molar-refractivity contribution in [2.24, 2.45) is 10.8 Å². The molecule has 0 unspecified atom stereocenters. The monoisotopic (exact) mass is 322 g/mol. The van der Waals surface area contributed by atoms with Crippen molar-refractivity contribution in [3.8, 4) is 0 Å². The van der Waals surface area contributed by atoms with E-state index in [4.69, 9.17) is 23.8 Å². The number of hydrogen-bond donors (Lipinski definition) is 1. The molecule has 3 rings (SSSR count). The van der Waals surface area contributed by atoms with E-state index in [-0.39, 0.29) is 0 Å². The average Bonchev–Trinajstić information content (AvgIpc) is 2.61. The maximum absolute atomic E-state index is 5.93. The lowest BCUT2D eigenvalue weighted by Gasteiger charge is -2.39. The van der Waals surface area contributed by atoms with Crippen molar-refractivity contribution in [3.63, 3.8) is 0 Å². The van der Waals surface area contributed by atoms with Gasteiger partial charge in [-0.05, 0) is 66.6 Å². The molecule has 21 heavy (non-hydrogen) atoms. The van der Waals surface area contributed by atoms with Gasteiger partial charge in [-0.3, -0.25) is 0 Å². The highest BCUT2D eigenvalue weighted by molar-refractivity contribution is 7.80. The van der Waals surface area contributed by atoms with E-state index in [2.05, 4.69) is 31.0 Å². The van der Waals surface area contributed by atoms with E-state index in [0.717, 1.165) is 22.4 Å². The highest BCUT2D eigenvalue weighted by Crippen LogP contribution is 2.52. The van der Waals surface area contributed by atoms with Gasteiger partial charge >= 0.3 is 0 Å². The zero-order chi connectivity index (χ0) is 15.3. The molecule has 114 valence electrons. The molecule has 0 spiro atoms. The summed E-state index contributed by atoms with van der Waals surface area (Å²) in [6.45, 7) is 8.25. The number of likely N-dealkylation sites (tertiary alicyclic amines) is 1. The zero-order valence-electron chi connectivity index (χ0n) is 12.9. The molecule has 2 aliphatic rings. The van der Waals surface area contributed by atoms with E-state index < -0.39 is 0 Å². The summed E-state index contributed by atoms with van der Waals surface area (Å²) in [5.74, 6) is 0. The van der Waals surface area contributed by atoms with E-state index in [9.17, 15) is 0 Å². The number of nitrogens with zero attached hydrogens (tertiary/aromatic N) is 1. The third-order valence-electron chi connectivity index (χ3n) is 4.77. The predicted molar refractivity (Wildman–Crippen MR) is 93.9 cm³/mol. The van der Waals surface area contributed by atoms with Gasteiger partial charge in [0.05, 0.1) is 0 Å². The van der Waals surface area contributed by atoms with Gasteiger partial charge in [0.15, 0.2) is 5.11 Å². The van der Waals surface area contributed by atoms with Crippen LogP contribution < -0.4 is 5.32 Å². The van der Waals surface area contributed by atoms with E-state index in [1.165, 1.54) is 19.3 Å². The number of fused-ring (bicyclic) bond motifs is 2. The minimum atomic E-state index is 0.401. The summed E-state index contributed by atoms with van der Waals surface area (Å²) < 4.78 is 0. The molecule has 0 amide bonds. The van der Waals surface area contributed by atoms with Crippen molar-refractivity contribution in [1.29, 1.82) is 0 Å².